The summed E-state index contributed by atoms with van der Waals surface area (Å²) in [6.45, 7) is 6.64. The first-order valence-corrected chi connectivity index (χ1v) is 10.3. The van der Waals surface area contributed by atoms with Gasteiger partial charge in [0.05, 0.1) is 12.7 Å². The lowest BCUT2D eigenvalue weighted by Gasteiger charge is -2.20. The molecule has 10 nitrogen and oxygen atoms in total. The summed E-state index contributed by atoms with van der Waals surface area (Å²) in [4.78, 5) is 16.9. The number of aryl methyl sites for hydroxylation is 3. The predicted molar refractivity (Wildman–Crippen MR) is 126 cm³/mol. The first kappa shape index (κ1) is 24.4. The van der Waals surface area contributed by atoms with Crippen LogP contribution in [-0.2, 0) is 32.2 Å². The molecule has 0 saturated heterocycles. The van der Waals surface area contributed by atoms with Crippen molar-refractivity contribution in [1.29, 1.82) is 0 Å². The maximum Gasteiger partial charge on any atom is 0.345 e. The van der Waals surface area contributed by atoms with E-state index >= 15 is 0 Å². The van der Waals surface area contributed by atoms with Gasteiger partial charge in [0.1, 0.15) is 11.4 Å². The highest BCUT2D eigenvalue weighted by Gasteiger charge is 2.24. The largest absolute Gasteiger partial charge is 0.383 e. The van der Waals surface area contributed by atoms with Gasteiger partial charge in [0.2, 0.25) is 0 Å². The van der Waals surface area contributed by atoms with E-state index in [2.05, 4.69) is 25.8 Å². The smallest absolute Gasteiger partial charge is 0.345 e. The molecule has 1 atom stereocenters. The summed E-state index contributed by atoms with van der Waals surface area (Å²) in [6.07, 6.45) is 7.22. The van der Waals surface area contributed by atoms with E-state index in [1.54, 1.807) is 33.2 Å². The number of nitrogens with one attached hydrogen (secondary N) is 2. The van der Waals surface area contributed by atoms with Crippen molar-refractivity contribution in [2.24, 2.45) is 12.0 Å². The Morgan fingerprint density at radius 2 is 2.17 bits per heavy atom. The molecule has 0 bridgehead atoms. The highest BCUT2D eigenvalue weighted by Crippen LogP contribution is 2.19. The van der Waals surface area contributed by atoms with Gasteiger partial charge < -0.3 is 15.7 Å². The van der Waals surface area contributed by atoms with E-state index in [4.69, 9.17) is 0 Å². The Morgan fingerprint density at radius 1 is 1.37 bits per heavy atom. The van der Waals surface area contributed by atoms with Crippen molar-refractivity contribution in [1.82, 2.24) is 34.8 Å². The number of halogens is 1. The fraction of sp³-hybridized carbons (Fsp3) is 0.684. The van der Waals surface area contributed by atoms with Crippen LogP contribution in [0.5, 0.6) is 0 Å². The second kappa shape index (κ2) is 10.9. The average molecular weight is 532 g/mol. The van der Waals surface area contributed by atoms with Crippen LogP contribution in [0.4, 0.5) is 0 Å². The molecular weight excluding hydrogens is 499 g/mol. The third kappa shape index (κ3) is 6.06. The number of hydrogen-bond acceptors (Lipinski definition) is 5. The second-order valence-electron chi connectivity index (χ2n) is 7.68. The quantitative estimate of drug-likeness (QED) is 0.199. The van der Waals surface area contributed by atoms with Crippen LogP contribution in [0.3, 0.4) is 0 Å². The van der Waals surface area contributed by atoms with Crippen molar-refractivity contribution in [3.05, 3.63) is 34.3 Å². The number of fused-ring (bicyclic) bond motifs is 1. The first-order chi connectivity index (χ1) is 13.9. The summed E-state index contributed by atoms with van der Waals surface area (Å²) in [5.41, 5.74) is -0.380. The molecule has 0 amide bonds. The molecule has 0 aromatic carbocycles. The van der Waals surface area contributed by atoms with E-state index < -0.39 is 5.60 Å². The van der Waals surface area contributed by atoms with Crippen molar-refractivity contribution in [2.75, 3.05) is 19.6 Å². The Kier molecular flexibility index (Phi) is 8.89. The Morgan fingerprint density at radius 3 is 2.83 bits per heavy atom. The number of hydrogen-bond donors (Lipinski definition) is 3. The van der Waals surface area contributed by atoms with Gasteiger partial charge in [0.25, 0.3) is 0 Å². The van der Waals surface area contributed by atoms with E-state index in [9.17, 15) is 9.90 Å². The minimum atomic E-state index is -1.10. The van der Waals surface area contributed by atoms with Gasteiger partial charge >= 0.3 is 5.69 Å². The van der Waals surface area contributed by atoms with Crippen LogP contribution in [0.25, 0.3) is 0 Å². The van der Waals surface area contributed by atoms with E-state index in [0.29, 0.717) is 25.6 Å². The minimum Gasteiger partial charge on any atom is -0.383 e. The van der Waals surface area contributed by atoms with E-state index in [0.717, 1.165) is 43.6 Å². The van der Waals surface area contributed by atoms with E-state index in [1.807, 2.05) is 14.0 Å². The zero-order valence-corrected chi connectivity index (χ0v) is 20.3. The van der Waals surface area contributed by atoms with Crippen LogP contribution in [0, 0.1) is 0 Å². The normalized spacial score (nSPS) is 15.8. The molecule has 11 heteroatoms. The number of aliphatic hydroxyl groups is 1. The highest BCUT2D eigenvalue weighted by molar-refractivity contribution is 14.0. The van der Waals surface area contributed by atoms with Crippen LogP contribution in [0.2, 0.25) is 0 Å². The maximum absolute atomic E-state index is 12.4. The lowest BCUT2D eigenvalue weighted by molar-refractivity contribution is 0.0672. The first-order valence-electron chi connectivity index (χ1n) is 10.3. The summed E-state index contributed by atoms with van der Waals surface area (Å²) in [7, 11) is 1.82. The van der Waals surface area contributed by atoms with Crippen molar-refractivity contribution in [3.63, 3.8) is 0 Å². The Balaban J connectivity index is 0.00000320. The summed E-state index contributed by atoms with van der Waals surface area (Å²) in [5.74, 6) is 1.54. The molecule has 2 aromatic rings. The van der Waals surface area contributed by atoms with Gasteiger partial charge in [-0.15, -0.1) is 24.0 Å². The van der Waals surface area contributed by atoms with Crippen LogP contribution < -0.4 is 16.3 Å². The lowest BCUT2D eigenvalue weighted by Crippen LogP contribution is -2.39. The lowest BCUT2D eigenvalue weighted by atomic mass is 10.0. The maximum atomic E-state index is 12.4. The summed E-state index contributed by atoms with van der Waals surface area (Å²) >= 11 is 0. The number of guanidine groups is 1. The molecule has 0 radical (unpaired) electrons. The molecule has 3 N–H and O–H groups in total. The van der Waals surface area contributed by atoms with Crippen molar-refractivity contribution in [2.45, 2.75) is 58.2 Å². The molecule has 30 heavy (non-hydrogen) atoms. The number of rotatable bonds is 8. The molecule has 1 aliphatic heterocycles. The van der Waals surface area contributed by atoms with Gasteiger partial charge in [0.15, 0.2) is 5.96 Å². The van der Waals surface area contributed by atoms with Crippen molar-refractivity contribution < 1.29 is 5.11 Å². The molecule has 0 fully saturated rings. The van der Waals surface area contributed by atoms with Crippen LogP contribution in [-0.4, -0.2) is 54.8 Å². The molecule has 2 aromatic heterocycles. The summed E-state index contributed by atoms with van der Waals surface area (Å²) in [5, 5.41) is 25.7. The molecule has 0 aliphatic carbocycles. The Bertz CT molecular complexity index is 899. The van der Waals surface area contributed by atoms with Gasteiger partial charge in [0, 0.05) is 51.4 Å². The molecule has 1 aliphatic rings. The minimum absolute atomic E-state index is 0. The third-order valence-corrected chi connectivity index (χ3v) is 5.09. The van der Waals surface area contributed by atoms with Crippen LogP contribution in [0.1, 0.15) is 44.5 Å². The van der Waals surface area contributed by atoms with Crippen molar-refractivity contribution in [3.8, 4) is 0 Å². The molecular formula is C19H33IN8O2. The Labute approximate surface area is 193 Å². The monoisotopic (exact) mass is 532 g/mol. The van der Waals surface area contributed by atoms with Gasteiger partial charge in [-0.25, -0.2) is 14.5 Å². The molecule has 0 saturated carbocycles. The molecule has 3 heterocycles. The molecule has 168 valence electrons. The zero-order chi connectivity index (χ0) is 20.9. The number of nitrogens with zero attached hydrogens (tertiary/aromatic N) is 6. The number of aromatic nitrogens is 5. The fourth-order valence-electron chi connectivity index (χ4n) is 3.40. The average Bonchev–Trinajstić information content (AvgIpc) is 3.28. The van der Waals surface area contributed by atoms with Crippen LogP contribution >= 0.6 is 24.0 Å². The van der Waals surface area contributed by atoms with Gasteiger partial charge in [-0.05, 0) is 33.1 Å². The van der Waals surface area contributed by atoms with Crippen molar-refractivity contribution >= 4 is 29.9 Å². The second-order valence-corrected chi connectivity index (χ2v) is 7.68. The number of aliphatic imine (C=N–C) groups is 1. The van der Waals surface area contributed by atoms with Gasteiger partial charge in [-0.1, -0.05) is 0 Å². The summed E-state index contributed by atoms with van der Waals surface area (Å²) < 4.78 is 5.02. The zero-order valence-electron chi connectivity index (χ0n) is 18.0. The SMILES string of the molecule is CCNC(=NCC(C)(O)c1cnn(C)c1)NCCCn1nc2n(c1=O)CCCC2.I. The standard InChI is InChI=1S/C19H32N8O2.HI/c1-4-20-17(22-14-19(2,29)15-12-23-25(3)13-15)21-9-7-11-27-18(28)26-10-6-5-8-16(26)24-27;/h12-13,29H,4-11,14H2,1-3H3,(H2,20,21,22);1H. The van der Waals surface area contributed by atoms with E-state index in [-0.39, 0.29) is 36.2 Å². The third-order valence-electron chi connectivity index (χ3n) is 5.09. The van der Waals surface area contributed by atoms with Crippen LogP contribution in [0.15, 0.2) is 22.2 Å². The molecule has 3 rings (SSSR count). The van der Waals surface area contributed by atoms with E-state index in [1.165, 1.54) is 0 Å². The molecule has 0 spiro atoms. The molecule has 1 unspecified atom stereocenters. The highest BCUT2D eigenvalue weighted by atomic mass is 127. The Hall–Kier alpha value is -1.89. The van der Waals surface area contributed by atoms with Gasteiger partial charge in [-0.3, -0.25) is 9.25 Å². The predicted octanol–water partition coefficient (Wildman–Crippen LogP) is 0.585. The van der Waals surface area contributed by atoms with Gasteiger partial charge in [-0.2, -0.15) is 10.2 Å². The summed E-state index contributed by atoms with van der Waals surface area (Å²) in [6, 6.07) is 0. The fourth-order valence-corrected chi connectivity index (χ4v) is 3.40. The topological polar surface area (TPSA) is 114 Å².